The maximum Gasteiger partial charge on any atom is 0.270 e. The summed E-state index contributed by atoms with van der Waals surface area (Å²) >= 11 is 0. The van der Waals surface area contributed by atoms with E-state index in [2.05, 4.69) is 10.2 Å². The lowest BCUT2D eigenvalue weighted by Crippen LogP contribution is -2.39. The quantitative estimate of drug-likeness (QED) is 0.664. The van der Waals surface area contributed by atoms with Gasteiger partial charge in [-0.2, -0.15) is 5.10 Å². The van der Waals surface area contributed by atoms with E-state index in [0.717, 1.165) is 24.5 Å². The second kappa shape index (κ2) is 6.07. The third-order valence-corrected chi connectivity index (χ3v) is 4.12. The molecular formula is C15H16N4O4. The largest absolute Gasteiger partial charge is 0.507 e. The Morgan fingerprint density at radius 1 is 1.48 bits per heavy atom. The van der Waals surface area contributed by atoms with Crippen LogP contribution < -0.4 is 0 Å². The van der Waals surface area contributed by atoms with Gasteiger partial charge < -0.3 is 10.0 Å². The van der Waals surface area contributed by atoms with Crippen LogP contribution in [0, 0.1) is 10.1 Å². The second-order valence-electron chi connectivity index (χ2n) is 5.58. The Hall–Kier alpha value is -2.90. The monoisotopic (exact) mass is 316 g/mol. The number of non-ortho nitro benzene ring substituents is 1. The maximum absolute atomic E-state index is 12.6. The number of likely N-dealkylation sites (tertiary alicyclic amines) is 1. The Morgan fingerprint density at radius 3 is 3.00 bits per heavy atom. The molecule has 3 rings (SSSR count). The number of phenols is 1. The van der Waals surface area contributed by atoms with E-state index in [1.165, 1.54) is 12.1 Å². The summed E-state index contributed by atoms with van der Waals surface area (Å²) in [7, 11) is 0. The number of phenolic OH excluding ortho intramolecular Hbond substituents is 1. The molecule has 0 unspecified atom stereocenters. The number of amides is 1. The molecule has 0 aliphatic carbocycles. The molecule has 1 fully saturated rings. The van der Waals surface area contributed by atoms with E-state index in [-0.39, 0.29) is 28.8 Å². The van der Waals surface area contributed by atoms with E-state index in [0.29, 0.717) is 13.1 Å². The zero-order valence-corrected chi connectivity index (χ0v) is 12.3. The van der Waals surface area contributed by atoms with Crippen LogP contribution in [0.4, 0.5) is 5.69 Å². The fourth-order valence-corrected chi connectivity index (χ4v) is 2.90. The highest BCUT2D eigenvalue weighted by Crippen LogP contribution is 2.29. The first-order valence-corrected chi connectivity index (χ1v) is 7.31. The first-order valence-electron chi connectivity index (χ1n) is 7.31. The zero-order valence-electron chi connectivity index (χ0n) is 12.3. The first-order chi connectivity index (χ1) is 11.1. The van der Waals surface area contributed by atoms with Crippen LogP contribution in [-0.2, 0) is 0 Å². The van der Waals surface area contributed by atoms with Crippen molar-refractivity contribution in [3.05, 3.63) is 51.8 Å². The van der Waals surface area contributed by atoms with Crippen LogP contribution in [0.5, 0.6) is 5.75 Å². The lowest BCUT2D eigenvalue weighted by molar-refractivity contribution is -0.384. The number of nitro groups is 1. The molecule has 0 radical (unpaired) electrons. The van der Waals surface area contributed by atoms with Gasteiger partial charge in [-0.15, -0.1) is 0 Å². The van der Waals surface area contributed by atoms with E-state index in [1.54, 1.807) is 11.1 Å². The van der Waals surface area contributed by atoms with Gasteiger partial charge in [-0.05, 0) is 24.5 Å². The first kappa shape index (κ1) is 15.0. The average molecular weight is 316 g/mol. The molecule has 120 valence electrons. The molecule has 23 heavy (non-hydrogen) atoms. The van der Waals surface area contributed by atoms with Crippen LogP contribution >= 0.6 is 0 Å². The molecule has 8 heteroatoms. The van der Waals surface area contributed by atoms with E-state index in [1.807, 2.05) is 6.20 Å². The molecule has 0 bridgehead atoms. The molecule has 1 atom stereocenters. The van der Waals surface area contributed by atoms with Gasteiger partial charge in [0, 0.05) is 37.3 Å². The summed E-state index contributed by atoms with van der Waals surface area (Å²) in [5.74, 6) is -0.460. The number of piperidine rings is 1. The number of benzene rings is 1. The smallest absolute Gasteiger partial charge is 0.270 e. The maximum atomic E-state index is 12.6. The standard InChI is InChI=1S/C15H16N4O4/c20-14-4-3-12(19(22)23)6-13(14)15(21)18-5-1-2-10(9-18)11-7-16-17-8-11/h3-4,6-8,10,20H,1-2,5,9H2,(H,16,17)/t10-/m0/s1. The SMILES string of the molecule is O=C(c1cc([N+](=O)[O-])ccc1O)N1CCC[C@H](c2cn[nH]c2)C1. The summed E-state index contributed by atoms with van der Waals surface area (Å²) in [5.41, 5.74) is 0.785. The van der Waals surface area contributed by atoms with Gasteiger partial charge in [0.15, 0.2) is 0 Å². The number of carbonyl (C=O) groups excluding carboxylic acids is 1. The number of aromatic amines is 1. The van der Waals surface area contributed by atoms with Crippen molar-refractivity contribution < 1.29 is 14.8 Å². The van der Waals surface area contributed by atoms with Gasteiger partial charge in [0.1, 0.15) is 5.75 Å². The number of nitro benzene ring substituents is 1. The van der Waals surface area contributed by atoms with Gasteiger partial charge >= 0.3 is 0 Å². The van der Waals surface area contributed by atoms with Crippen molar-refractivity contribution in [2.24, 2.45) is 0 Å². The van der Waals surface area contributed by atoms with Crippen molar-refractivity contribution in [3.63, 3.8) is 0 Å². The van der Waals surface area contributed by atoms with Crippen molar-refractivity contribution in [2.45, 2.75) is 18.8 Å². The minimum absolute atomic E-state index is 0.0351. The normalized spacial score (nSPS) is 17.9. The van der Waals surface area contributed by atoms with Gasteiger partial charge in [-0.1, -0.05) is 0 Å². The van der Waals surface area contributed by atoms with Gasteiger partial charge in [-0.3, -0.25) is 20.0 Å². The molecule has 1 aliphatic rings. The molecule has 0 spiro atoms. The van der Waals surface area contributed by atoms with Crippen molar-refractivity contribution in [3.8, 4) is 5.75 Å². The summed E-state index contributed by atoms with van der Waals surface area (Å²) in [5, 5.41) is 27.4. The number of H-pyrrole nitrogens is 1. The van der Waals surface area contributed by atoms with Crippen LogP contribution in [0.3, 0.4) is 0 Å². The van der Waals surface area contributed by atoms with Gasteiger partial charge in [0.25, 0.3) is 11.6 Å². The lowest BCUT2D eigenvalue weighted by atomic mass is 9.92. The second-order valence-corrected chi connectivity index (χ2v) is 5.58. The molecule has 2 heterocycles. The predicted octanol–water partition coefficient (Wildman–Crippen LogP) is 2.04. The number of hydrogen-bond acceptors (Lipinski definition) is 5. The Bertz CT molecular complexity index is 729. The highest BCUT2D eigenvalue weighted by molar-refractivity contribution is 5.97. The molecule has 8 nitrogen and oxygen atoms in total. The lowest BCUT2D eigenvalue weighted by Gasteiger charge is -2.32. The Balaban J connectivity index is 1.82. The molecule has 1 aromatic carbocycles. The van der Waals surface area contributed by atoms with E-state index < -0.39 is 4.92 Å². The average Bonchev–Trinajstić information content (AvgIpc) is 3.09. The fourth-order valence-electron chi connectivity index (χ4n) is 2.90. The van der Waals surface area contributed by atoms with E-state index >= 15 is 0 Å². The van der Waals surface area contributed by atoms with E-state index in [9.17, 15) is 20.0 Å². The summed E-state index contributed by atoms with van der Waals surface area (Å²) < 4.78 is 0. The van der Waals surface area contributed by atoms with Gasteiger partial charge in [0.05, 0.1) is 16.7 Å². The molecule has 0 saturated carbocycles. The fraction of sp³-hybridized carbons (Fsp3) is 0.333. The number of aromatic nitrogens is 2. The van der Waals surface area contributed by atoms with Gasteiger partial charge in [-0.25, -0.2) is 0 Å². The molecule has 1 saturated heterocycles. The zero-order chi connectivity index (χ0) is 16.4. The van der Waals surface area contributed by atoms with Crippen LogP contribution in [-0.4, -0.2) is 44.1 Å². The van der Waals surface area contributed by atoms with Gasteiger partial charge in [0.2, 0.25) is 0 Å². The number of nitrogens with one attached hydrogen (secondary N) is 1. The van der Waals surface area contributed by atoms with Crippen molar-refractivity contribution in [1.29, 1.82) is 0 Å². The molecule has 1 aromatic heterocycles. The van der Waals surface area contributed by atoms with Crippen molar-refractivity contribution >= 4 is 11.6 Å². The van der Waals surface area contributed by atoms with Crippen LogP contribution in [0.25, 0.3) is 0 Å². The number of nitrogens with zero attached hydrogens (tertiary/aromatic N) is 3. The van der Waals surface area contributed by atoms with Crippen LogP contribution in [0.15, 0.2) is 30.6 Å². The molecular weight excluding hydrogens is 300 g/mol. The van der Waals surface area contributed by atoms with Crippen molar-refractivity contribution in [2.75, 3.05) is 13.1 Å². The van der Waals surface area contributed by atoms with Crippen LogP contribution in [0.2, 0.25) is 0 Å². The van der Waals surface area contributed by atoms with Crippen LogP contribution in [0.1, 0.15) is 34.7 Å². The number of aromatic hydroxyl groups is 1. The molecule has 1 amide bonds. The highest BCUT2D eigenvalue weighted by Gasteiger charge is 2.28. The molecule has 1 aliphatic heterocycles. The third kappa shape index (κ3) is 3.01. The summed E-state index contributed by atoms with van der Waals surface area (Å²) in [6.07, 6.45) is 5.33. The Labute approximate surface area is 131 Å². The third-order valence-electron chi connectivity index (χ3n) is 4.12. The summed E-state index contributed by atoms with van der Waals surface area (Å²) in [4.78, 5) is 24.5. The minimum atomic E-state index is -0.583. The molecule has 2 N–H and O–H groups in total. The Kier molecular flexibility index (Phi) is 3.96. The topological polar surface area (TPSA) is 112 Å². The number of rotatable bonds is 3. The van der Waals surface area contributed by atoms with E-state index in [4.69, 9.17) is 0 Å². The number of hydrogen-bond donors (Lipinski definition) is 2. The highest BCUT2D eigenvalue weighted by atomic mass is 16.6. The summed E-state index contributed by atoms with van der Waals surface area (Å²) in [6.45, 7) is 1.07. The molecule has 2 aromatic rings. The summed E-state index contributed by atoms with van der Waals surface area (Å²) in [6, 6.07) is 3.48. The van der Waals surface area contributed by atoms with Crippen molar-refractivity contribution in [1.82, 2.24) is 15.1 Å². The minimum Gasteiger partial charge on any atom is -0.507 e. The number of carbonyl (C=O) groups is 1. The Morgan fingerprint density at radius 2 is 2.30 bits per heavy atom. The predicted molar refractivity (Wildman–Crippen MR) is 81.2 cm³/mol.